The zero-order valence-corrected chi connectivity index (χ0v) is 12.6. The van der Waals surface area contributed by atoms with E-state index in [1.54, 1.807) is 6.08 Å². The van der Waals surface area contributed by atoms with Gasteiger partial charge in [0.15, 0.2) is 0 Å². The molecule has 0 aliphatic heterocycles. The molecular formula is C16H24N2O2. The molecule has 1 aromatic carbocycles. The van der Waals surface area contributed by atoms with Crippen LogP contribution in [-0.4, -0.2) is 35.7 Å². The van der Waals surface area contributed by atoms with Gasteiger partial charge in [-0.1, -0.05) is 23.8 Å². The van der Waals surface area contributed by atoms with E-state index in [-0.39, 0.29) is 12.6 Å². The summed E-state index contributed by atoms with van der Waals surface area (Å²) in [7, 11) is 0. The first-order valence-electron chi connectivity index (χ1n) is 6.80. The fourth-order valence-electron chi connectivity index (χ4n) is 2.32. The number of carbonyl (C=O) groups is 1. The molecular weight excluding hydrogens is 252 g/mol. The van der Waals surface area contributed by atoms with Gasteiger partial charge in [-0.3, -0.25) is 0 Å². The van der Waals surface area contributed by atoms with Crippen molar-refractivity contribution < 1.29 is 9.90 Å². The number of aryl methyl sites for hydroxylation is 3. The van der Waals surface area contributed by atoms with E-state index in [1.165, 1.54) is 21.6 Å². The van der Waals surface area contributed by atoms with Gasteiger partial charge in [-0.2, -0.15) is 0 Å². The number of urea groups is 1. The summed E-state index contributed by atoms with van der Waals surface area (Å²) in [5.74, 6) is 0. The third kappa shape index (κ3) is 4.38. The van der Waals surface area contributed by atoms with Crippen molar-refractivity contribution in [2.75, 3.05) is 19.7 Å². The van der Waals surface area contributed by atoms with Gasteiger partial charge in [0.2, 0.25) is 0 Å². The van der Waals surface area contributed by atoms with E-state index in [0.29, 0.717) is 19.6 Å². The molecule has 2 N–H and O–H groups in total. The lowest BCUT2D eigenvalue weighted by molar-refractivity contribution is 0.183. The Labute approximate surface area is 121 Å². The Morgan fingerprint density at radius 2 is 1.95 bits per heavy atom. The van der Waals surface area contributed by atoms with Crippen LogP contribution in [0.1, 0.15) is 22.3 Å². The molecule has 0 aliphatic carbocycles. The van der Waals surface area contributed by atoms with E-state index in [0.717, 1.165) is 5.56 Å². The highest BCUT2D eigenvalue weighted by Crippen LogP contribution is 2.16. The summed E-state index contributed by atoms with van der Waals surface area (Å²) in [6.07, 6.45) is 1.65. The SMILES string of the molecule is C=CCN(CCO)C(=O)NCc1c(C)cc(C)cc1C. The van der Waals surface area contributed by atoms with Gasteiger partial charge in [0.25, 0.3) is 0 Å². The standard InChI is InChI=1S/C16H24N2O2/c1-5-6-18(7-8-19)16(20)17-11-15-13(3)9-12(2)10-14(15)4/h5,9-10,19H,1,6-8,11H2,2-4H3,(H,17,20). The lowest BCUT2D eigenvalue weighted by Crippen LogP contribution is -2.41. The zero-order chi connectivity index (χ0) is 15.1. The van der Waals surface area contributed by atoms with Crippen molar-refractivity contribution in [3.63, 3.8) is 0 Å². The number of nitrogens with one attached hydrogen (secondary N) is 1. The fourth-order valence-corrected chi connectivity index (χ4v) is 2.32. The summed E-state index contributed by atoms with van der Waals surface area (Å²) >= 11 is 0. The Morgan fingerprint density at radius 3 is 2.45 bits per heavy atom. The van der Waals surface area contributed by atoms with Gasteiger partial charge in [-0.15, -0.1) is 6.58 Å². The van der Waals surface area contributed by atoms with Crippen LogP contribution in [0.15, 0.2) is 24.8 Å². The van der Waals surface area contributed by atoms with E-state index >= 15 is 0 Å². The van der Waals surface area contributed by atoms with Gasteiger partial charge in [0.05, 0.1) is 6.61 Å². The van der Waals surface area contributed by atoms with Crippen molar-refractivity contribution in [1.29, 1.82) is 0 Å². The summed E-state index contributed by atoms with van der Waals surface area (Å²) in [5, 5.41) is 11.9. The number of nitrogens with zero attached hydrogens (tertiary/aromatic N) is 1. The molecule has 0 unspecified atom stereocenters. The molecule has 110 valence electrons. The van der Waals surface area contributed by atoms with Gasteiger partial charge in [-0.25, -0.2) is 4.79 Å². The van der Waals surface area contributed by atoms with Crippen molar-refractivity contribution in [2.45, 2.75) is 27.3 Å². The molecule has 0 fully saturated rings. The van der Waals surface area contributed by atoms with Gasteiger partial charge >= 0.3 is 6.03 Å². The van der Waals surface area contributed by atoms with Crippen LogP contribution in [0.2, 0.25) is 0 Å². The van der Waals surface area contributed by atoms with Gasteiger partial charge in [0.1, 0.15) is 0 Å². The molecule has 1 aromatic rings. The summed E-state index contributed by atoms with van der Waals surface area (Å²) in [6, 6.07) is 4.05. The van der Waals surface area contributed by atoms with Crippen LogP contribution in [0.4, 0.5) is 4.79 Å². The van der Waals surface area contributed by atoms with Crippen molar-refractivity contribution in [3.05, 3.63) is 47.0 Å². The molecule has 4 nitrogen and oxygen atoms in total. The average Bonchev–Trinajstić information content (AvgIpc) is 2.37. The number of aliphatic hydroxyl groups is 1. The highest BCUT2D eigenvalue weighted by molar-refractivity contribution is 5.74. The molecule has 0 aromatic heterocycles. The fraction of sp³-hybridized carbons (Fsp3) is 0.438. The minimum atomic E-state index is -0.182. The van der Waals surface area contributed by atoms with E-state index in [2.05, 4.69) is 44.8 Å². The number of benzene rings is 1. The maximum atomic E-state index is 12.0. The lowest BCUT2D eigenvalue weighted by atomic mass is 10.00. The smallest absolute Gasteiger partial charge is 0.318 e. The van der Waals surface area contributed by atoms with E-state index < -0.39 is 0 Å². The van der Waals surface area contributed by atoms with E-state index in [4.69, 9.17) is 5.11 Å². The first kappa shape index (κ1) is 16.2. The Kier molecular flexibility index (Phi) is 6.25. The summed E-state index contributed by atoms with van der Waals surface area (Å²) < 4.78 is 0. The first-order chi connectivity index (χ1) is 9.49. The van der Waals surface area contributed by atoms with Gasteiger partial charge < -0.3 is 15.3 Å². The molecule has 0 heterocycles. The quantitative estimate of drug-likeness (QED) is 0.783. The molecule has 1 rings (SSSR count). The highest BCUT2D eigenvalue weighted by atomic mass is 16.3. The maximum Gasteiger partial charge on any atom is 0.318 e. The van der Waals surface area contributed by atoms with E-state index in [1.807, 2.05) is 0 Å². The van der Waals surface area contributed by atoms with Crippen molar-refractivity contribution in [3.8, 4) is 0 Å². The third-order valence-corrected chi connectivity index (χ3v) is 3.26. The van der Waals surface area contributed by atoms with Crippen LogP contribution in [0.5, 0.6) is 0 Å². The monoisotopic (exact) mass is 276 g/mol. The second-order valence-corrected chi connectivity index (χ2v) is 4.99. The van der Waals surface area contributed by atoms with Crippen LogP contribution < -0.4 is 5.32 Å². The lowest BCUT2D eigenvalue weighted by Gasteiger charge is -2.21. The second-order valence-electron chi connectivity index (χ2n) is 4.99. The predicted molar refractivity (Wildman–Crippen MR) is 81.7 cm³/mol. The number of hydrogen-bond donors (Lipinski definition) is 2. The van der Waals surface area contributed by atoms with Crippen molar-refractivity contribution in [2.24, 2.45) is 0 Å². The number of aliphatic hydroxyl groups excluding tert-OH is 1. The molecule has 0 saturated heterocycles. The average molecular weight is 276 g/mol. The molecule has 0 atom stereocenters. The van der Waals surface area contributed by atoms with Gasteiger partial charge in [-0.05, 0) is 37.5 Å². The third-order valence-electron chi connectivity index (χ3n) is 3.26. The minimum absolute atomic E-state index is 0.0517. The first-order valence-corrected chi connectivity index (χ1v) is 6.80. The number of carbonyl (C=O) groups excluding carboxylic acids is 1. The molecule has 0 radical (unpaired) electrons. The number of hydrogen-bond acceptors (Lipinski definition) is 2. The molecule has 20 heavy (non-hydrogen) atoms. The minimum Gasteiger partial charge on any atom is -0.395 e. The maximum absolute atomic E-state index is 12.0. The Bertz CT molecular complexity index is 460. The Balaban J connectivity index is 2.71. The molecule has 0 saturated carbocycles. The van der Waals surface area contributed by atoms with Crippen molar-refractivity contribution in [1.82, 2.24) is 10.2 Å². The number of amides is 2. The predicted octanol–water partition coefficient (Wildman–Crippen LogP) is 2.30. The van der Waals surface area contributed by atoms with Crippen LogP contribution in [-0.2, 0) is 6.54 Å². The highest BCUT2D eigenvalue weighted by Gasteiger charge is 2.12. The number of rotatable bonds is 6. The summed E-state index contributed by atoms with van der Waals surface area (Å²) in [5.41, 5.74) is 4.73. The molecule has 0 bridgehead atoms. The van der Waals surface area contributed by atoms with Crippen LogP contribution in [0, 0.1) is 20.8 Å². The normalized spacial score (nSPS) is 10.2. The Hall–Kier alpha value is -1.81. The van der Waals surface area contributed by atoms with Crippen LogP contribution in [0.3, 0.4) is 0 Å². The van der Waals surface area contributed by atoms with Crippen LogP contribution in [0.25, 0.3) is 0 Å². The van der Waals surface area contributed by atoms with Crippen LogP contribution >= 0.6 is 0 Å². The summed E-state index contributed by atoms with van der Waals surface area (Å²) in [4.78, 5) is 13.6. The molecule has 4 heteroatoms. The topological polar surface area (TPSA) is 52.6 Å². The largest absolute Gasteiger partial charge is 0.395 e. The molecule has 0 spiro atoms. The molecule has 0 aliphatic rings. The summed E-state index contributed by atoms with van der Waals surface area (Å²) in [6.45, 7) is 11.0. The van der Waals surface area contributed by atoms with Gasteiger partial charge in [0, 0.05) is 19.6 Å². The Morgan fingerprint density at radius 1 is 1.35 bits per heavy atom. The molecule has 2 amide bonds. The second kappa shape index (κ2) is 7.70. The van der Waals surface area contributed by atoms with E-state index in [9.17, 15) is 4.79 Å². The zero-order valence-electron chi connectivity index (χ0n) is 12.6. The van der Waals surface area contributed by atoms with Crippen molar-refractivity contribution >= 4 is 6.03 Å².